The Kier molecular flexibility index (Phi) is 4.22. The van der Waals surface area contributed by atoms with Crippen LogP contribution in [0.2, 0.25) is 0 Å². The second-order valence-electron chi connectivity index (χ2n) is 5.54. The molecule has 0 amide bonds. The summed E-state index contributed by atoms with van der Waals surface area (Å²) in [6, 6.07) is 9.21. The zero-order chi connectivity index (χ0) is 12.3. The van der Waals surface area contributed by atoms with E-state index < -0.39 is 0 Å². The van der Waals surface area contributed by atoms with Crippen LogP contribution < -0.4 is 5.73 Å². The highest BCUT2D eigenvalue weighted by Crippen LogP contribution is 2.36. The summed E-state index contributed by atoms with van der Waals surface area (Å²) < 4.78 is 0. The molecule has 1 aliphatic carbocycles. The number of nitrogens with two attached hydrogens (primary N) is 1. The molecule has 0 aliphatic heterocycles. The van der Waals surface area contributed by atoms with Crippen LogP contribution in [-0.2, 0) is 6.42 Å². The lowest BCUT2D eigenvalue weighted by Crippen LogP contribution is -2.36. The van der Waals surface area contributed by atoms with Crippen LogP contribution in [0, 0.1) is 5.92 Å². The molecule has 17 heavy (non-hydrogen) atoms. The molecule has 0 spiro atoms. The van der Waals surface area contributed by atoms with E-state index in [4.69, 9.17) is 5.73 Å². The van der Waals surface area contributed by atoms with Crippen molar-refractivity contribution in [3.8, 4) is 0 Å². The Hall–Kier alpha value is -0.820. The van der Waals surface area contributed by atoms with E-state index >= 15 is 0 Å². The third-order valence-electron chi connectivity index (χ3n) is 4.28. The normalized spacial score (nSPS) is 22.9. The van der Waals surface area contributed by atoms with Gasteiger partial charge in [0.2, 0.25) is 0 Å². The minimum atomic E-state index is 0.330. The van der Waals surface area contributed by atoms with Crippen molar-refractivity contribution < 1.29 is 0 Å². The van der Waals surface area contributed by atoms with Gasteiger partial charge in [0.05, 0.1) is 0 Å². The molecule has 0 fully saturated rings. The highest BCUT2D eigenvalue weighted by atomic mass is 14.7. The van der Waals surface area contributed by atoms with E-state index in [1.165, 1.54) is 43.2 Å². The topological polar surface area (TPSA) is 26.0 Å². The number of aryl methyl sites for hydroxylation is 1. The van der Waals surface area contributed by atoms with Crippen molar-refractivity contribution in [3.63, 3.8) is 0 Å². The van der Waals surface area contributed by atoms with Gasteiger partial charge in [-0.25, -0.2) is 0 Å². The van der Waals surface area contributed by atoms with Crippen molar-refractivity contribution in [1.29, 1.82) is 0 Å². The Bertz CT molecular complexity index is 358. The van der Waals surface area contributed by atoms with Crippen LogP contribution >= 0.6 is 0 Å². The maximum absolute atomic E-state index is 6.49. The zero-order valence-electron chi connectivity index (χ0n) is 11.2. The van der Waals surface area contributed by atoms with Crippen LogP contribution in [0.1, 0.15) is 56.6 Å². The van der Waals surface area contributed by atoms with E-state index in [2.05, 4.69) is 38.1 Å². The van der Waals surface area contributed by atoms with E-state index in [9.17, 15) is 0 Å². The average molecular weight is 231 g/mol. The molecular formula is C16H25N. The zero-order valence-corrected chi connectivity index (χ0v) is 11.2. The summed E-state index contributed by atoms with van der Waals surface area (Å²) in [5.74, 6) is 1.22. The average Bonchev–Trinajstić information content (AvgIpc) is 2.37. The summed E-state index contributed by atoms with van der Waals surface area (Å²) in [6.45, 7) is 4.56. The number of benzene rings is 1. The monoisotopic (exact) mass is 231 g/mol. The predicted molar refractivity (Wildman–Crippen MR) is 74.2 cm³/mol. The molecule has 1 aliphatic rings. The molecule has 1 heteroatoms. The molecule has 0 heterocycles. The van der Waals surface area contributed by atoms with Crippen LogP contribution in [0.3, 0.4) is 0 Å². The first-order chi connectivity index (χ1) is 8.24. The summed E-state index contributed by atoms with van der Waals surface area (Å²) >= 11 is 0. The largest absolute Gasteiger partial charge is 0.327 e. The third-order valence-corrected chi connectivity index (χ3v) is 4.28. The van der Waals surface area contributed by atoms with Gasteiger partial charge in [0.1, 0.15) is 0 Å². The van der Waals surface area contributed by atoms with Gasteiger partial charge >= 0.3 is 0 Å². The molecule has 2 rings (SSSR count). The summed E-state index contributed by atoms with van der Waals surface area (Å²) in [5, 5.41) is 0. The minimum absolute atomic E-state index is 0.330. The van der Waals surface area contributed by atoms with E-state index in [0.717, 1.165) is 0 Å². The molecule has 1 aromatic carbocycles. The molecular weight excluding hydrogens is 206 g/mol. The Morgan fingerprint density at radius 2 is 2.12 bits per heavy atom. The van der Waals surface area contributed by atoms with Gasteiger partial charge in [0, 0.05) is 6.04 Å². The molecule has 1 nitrogen and oxygen atoms in total. The lowest BCUT2D eigenvalue weighted by atomic mass is 9.75. The summed E-state index contributed by atoms with van der Waals surface area (Å²) in [4.78, 5) is 0. The number of fused-ring (bicyclic) bond motifs is 1. The molecule has 3 unspecified atom stereocenters. The summed E-state index contributed by atoms with van der Waals surface area (Å²) in [7, 11) is 0. The van der Waals surface area contributed by atoms with Gasteiger partial charge in [-0.2, -0.15) is 0 Å². The lowest BCUT2D eigenvalue weighted by molar-refractivity contribution is 0.343. The molecule has 0 aromatic heterocycles. The molecule has 3 atom stereocenters. The molecule has 1 aromatic rings. The Balaban J connectivity index is 2.17. The Labute approximate surface area is 105 Å². The number of rotatable bonds is 4. The van der Waals surface area contributed by atoms with E-state index in [0.29, 0.717) is 17.9 Å². The highest BCUT2D eigenvalue weighted by molar-refractivity contribution is 5.33. The van der Waals surface area contributed by atoms with E-state index in [1.807, 2.05) is 0 Å². The molecule has 0 saturated heterocycles. The fraction of sp³-hybridized carbons (Fsp3) is 0.625. The maximum atomic E-state index is 6.49. The molecule has 0 saturated carbocycles. The quantitative estimate of drug-likeness (QED) is 0.836. The van der Waals surface area contributed by atoms with E-state index in [-0.39, 0.29) is 0 Å². The standard InChI is InChI=1S/C16H25N/c1-3-7-12(2)16(17)15-11-6-9-13-8-4-5-10-14(13)15/h4-5,8,10,12,15-16H,3,6-7,9,11,17H2,1-2H3. The fourth-order valence-electron chi connectivity index (χ4n) is 3.24. The molecule has 0 bridgehead atoms. The van der Waals surface area contributed by atoms with Gasteiger partial charge in [-0.05, 0) is 48.6 Å². The van der Waals surface area contributed by atoms with Gasteiger partial charge in [-0.1, -0.05) is 44.5 Å². The van der Waals surface area contributed by atoms with Gasteiger partial charge in [-0.15, -0.1) is 0 Å². The van der Waals surface area contributed by atoms with Crippen molar-refractivity contribution in [1.82, 2.24) is 0 Å². The first-order valence-corrected chi connectivity index (χ1v) is 7.07. The molecule has 2 N–H and O–H groups in total. The minimum Gasteiger partial charge on any atom is -0.327 e. The predicted octanol–water partition coefficient (Wildman–Crippen LogP) is 3.87. The number of hydrogen-bond acceptors (Lipinski definition) is 1. The highest BCUT2D eigenvalue weighted by Gasteiger charge is 2.28. The van der Waals surface area contributed by atoms with Crippen LogP contribution in [0.25, 0.3) is 0 Å². The number of hydrogen-bond donors (Lipinski definition) is 1. The van der Waals surface area contributed by atoms with Gasteiger partial charge in [0.25, 0.3) is 0 Å². The third kappa shape index (κ3) is 2.71. The second kappa shape index (κ2) is 5.68. The molecule has 94 valence electrons. The smallest absolute Gasteiger partial charge is 0.0134 e. The van der Waals surface area contributed by atoms with Crippen molar-refractivity contribution >= 4 is 0 Å². The van der Waals surface area contributed by atoms with Crippen molar-refractivity contribution in [2.75, 3.05) is 0 Å². The van der Waals surface area contributed by atoms with Crippen LogP contribution in [0.15, 0.2) is 24.3 Å². The molecule has 0 radical (unpaired) electrons. The van der Waals surface area contributed by atoms with E-state index in [1.54, 1.807) is 0 Å². The van der Waals surface area contributed by atoms with Crippen molar-refractivity contribution in [2.24, 2.45) is 11.7 Å². The first kappa shape index (κ1) is 12.6. The second-order valence-corrected chi connectivity index (χ2v) is 5.54. The van der Waals surface area contributed by atoms with Crippen LogP contribution in [0.4, 0.5) is 0 Å². The van der Waals surface area contributed by atoms with Crippen LogP contribution in [-0.4, -0.2) is 6.04 Å². The Morgan fingerprint density at radius 3 is 2.88 bits per heavy atom. The summed E-state index contributed by atoms with van der Waals surface area (Å²) in [6.07, 6.45) is 6.30. The first-order valence-electron chi connectivity index (χ1n) is 7.07. The Morgan fingerprint density at radius 1 is 1.35 bits per heavy atom. The maximum Gasteiger partial charge on any atom is 0.0134 e. The summed E-state index contributed by atoms with van der Waals surface area (Å²) in [5.41, 5.74) is 9.55. The lowest BCUT2D eigenvalue weighted by Gasteiger charge is -2.33. The van der Waals surface area contributed by atoms with Crippen LogP contribution in [0.5, 0.6) is 0 Å². The van der Waals surface area contributed by atoms with Gasteiger partial charge < -0.3 is 5.73 Å². The van der Waals surface area contributed by atoms with Gasteiger partial charge in [0.15, 0.2) is 0 Å². The van der Waals surface area contributed by atoms with Crippen molar-refractivity contribution in [3.05, 3.63) is 35.4 Å². The van der Waals surface area contributed by atoms with Gasteiger partial charge in [-0.3, -0.25) is 0 Å². The van der Waals surface area contributed by atoms with Crippen molar-refractivity contribution in [2.45, 2.75) is 57.9 Å². The fourth-order valence-corrected chi connectivity index (χ4v) is 3.24. The SMILES string of the molecule is CCCC(C)C(N)C1CCCc2ccccc21.